The zero-order valence-corrected chi connectivity index (χ0v) is 14.7. The summed E-state index contributed by atoms with van der Waals surface area (Å²) in [7, 11) is 0. The molecule has 3 aromatic rings. The van der Waals surface area contributed by atoms with Crippen molar-refractivity contribution in [2.24, 2.45) is 0 Å². The number of carbonyl (C=O) groups excluding carboxylic acids is 3. The Morgan fingerprint density at radius 3 is 2.75 bits per heavy atom. The van der Waals surface area contributed by atoms with Gasteiger partial charge in [0.25, 0.3) is 5.91 Å². The molecular formula is C21H15FN2O4. The standard InChI is InChI=1S/C21H15FN2O4/c22-14-7-12-5-6-28-19(12)15(9-14)11-1-2-13-10-24(21(27)16(13)8-11)17-3-4-18(25)23-20(17)26/h1-2,5-9,17H,3-4,10H2,(H,23,25,26). The van der Waals surface area contributed by atoms with Gasteiger partial charge in [-0.1, -0.05) is 12.1 Å². The largest absolute Gasteiger partial charge is 0.464 e. The fraction of sp³-hybridized carbons (Fsp3) is 0.190. The predicted octanol–water partition coefficient (Wildman–Crippen LogP) is 3.00. The summed E-state index contributed by atoms with van der Waals surface area (Å²) in [5.74, 6) is -1.42. The summed E-state index contributed by atoms with van der Waals surface area (Å²) < 4.78 is 19.5. The molecule has 0 saturated carbocycles. The number of halogens is 1. The Balaban J connectivity index is 1.52. The average molecular weight is 378 g/mol. The molecule has 0 bridgehead atoms. The van der Waals surface area contributed by atoms with Gasteiger partial charge in [-0.2, -0.15) is 0 Å². The summed E-state index contributed by atoms with van der Waals surface area (Å²) in [6, 6.07) is 9.14. The highest BCUT2D eigenvalue weighted by Crippen LogP contribution is 2.35. The number of fused-ring (bicyclic) bond motifs is 2. The van der Waals surface area contributed by atoms with E-state index in [2.05, 4.69) is 5.32 Å². The summed E-state index contributed by atoms with van der Waals surface area (Å²) in [5.41, 5.74) is 3.05. The Hall–Kier alpha value is -3.48. The van der Waals surface area contributed by atoms with Crippen LogP contribution >= 0.6 is 0 Å². The lowest BCUT2D eigenvalue weighted by Gasteiger charge is -2.29. The van der Waals surface area contributed by atoms with Gasteiger partial charge in [-0.05, 0) is 41.8 Å². The Labute approximate surface area is 158 Å². The first-order valence-corrected chi connectivity index (χ1v) is 8.96. The summed E-state index contributed by atoms with van der Waals surface area (Å²) >= 11 is 0. The molecule has 1 atom stereocenters. The number of amides is 3. The van der Waals surface area contributed by atoms with Gasteiger partial charge in [-0.15, -0.1) is 0 Å². The molecule has 2 aliphatic rings. The van der Waals surface area contributed by atoms with Crippen molar-refractivity contribution in [3.05, 3.63) is 59.6 Å². The highest BCUT2D eigenvalue weighted by Gasteiger charge is 2.39. The number of furan rings is 1. The Morgan fingerprint density at radius 2 is 1.93 bits per heavy atom. The van der Waals surface area contributed by atoms with Gasteiger partial charge in [-0.25, -0.2) is 4.39 Å². The molecule has 28 heavy (non-hydrogen) atoms. The van der Waals surface area contributed by atoms with Crippen LogP contribution in [-0.2, 0) is 16.1 Å². The first-order valence-electron chi connectivity index (χ1n) is 8.96. The molecule has 1 N–H and O–H groups in total. The van der Waals surface area contributed by atoms with Crippen LogP contribution < -0.4 is 5.32 Å². The minimum absolute atomic E-state index is 0.210. The summed E-state index contributed by atoms with van der Waals surface area (Å²) in [4.78, 5) is 38.0. The molecule has 0 aliphatic carbocycles. The van der Waals surface area contributed by atoms with Crippen molar-refractivity contribution < 1.29 is 23.2 Å². The summed E-state index contributed by atoms with van der Waals surface area (Å²) in [6.45, 7) is 0.306. The van der Waals surface area contributed by atoms with Gasteiger partial charge in [0.1, 0.15) is 17.4 Å². The molecule has 7 heteroatoms. The maximum absolute atomic E-state index is 14.0. The predicted molar refractivity (Wildman–Crippen MR) is 97.7 cm³/mol. The van der Waals surface area contributed by atoms with Gasteiger partial charge in [0, 0.05) is 29.5 Å². The van der Waals surface area contributed by atoms with Crippen molar-refractivity contribution in [3.63, 3.8) is 0 Å². The van der Waals surface area contributed by atoms with Crippen LogP contribution in [0.4, 0.5) is 4.39 Å². The van der Waals surface area contributed by atoms with Gasteiger partial charge >= 0.3 is 0 Å². The smallest absolute Gasteiger partial charge is 0.255 e. The highest BCUT2D eigenvalue weighted by molar-refractivity contribution is 6.06. The van der Waals surface area contributed by atoms with Gasteiger partial charge < -0.3 is 9.32 Å². The lowest BCUT2D eigenvalue weighted by Crippen LogP contribution is -2.52. The first-order chi connectivity index (χ1) is 13.5. The van der Waals surface area contributed by atoms with Crippen LogP contribution in [0.3, 0.4) is 0 Å². The topological polar surface area (TPSA) is 79.6 Å². The number of benzene rings is 2. The molecule has 140 valence electrons. The second kappa shape index (κ2) is 6.02. The van der Waals surface area contributed by atoms with E-state index < -0.39 is 11.9 Å². The van der Waals surface area contributed by atoms with E-state index in [1.54, 1.807) is 12.1 Å². The van der Waals surface area contributed by atoms with E-state index in [1.807, 2.05) is 12.1 Å². The molecule has 2 aliphatic heterocycles. The SMILES string of the molecule is O=C1CCC(N2Cc3ccc(-c4cc(F)cc5ccoc45)cc3C2=O)C(=O)N1. The third kappa shape index (κ3) is 2.51. The van der Waals surface area contributed by atoms with Gasteiger partial charge in [0.2, 0.25) is 11.8 Å². The molecule has 3 amide bonds. The van der Waals surface area contributed by atoms with Crippen molar-refractivity contribution in [2.45, 2.75) is 25.4 Å². The second-order valence-electron chi connectivity index (χ2n) is 7.06. The maximum atomic E-state index is 14.0. The van der Waals surface area contributed by atoms with E-state index in [1.165, 1.54) is 23.3 Å². The van der Waals surface area contributed by atoms with Crippen LogP contribution in [0.5, 0.6) is 0 Å². The molecule has 3 heterocycles. The Kier molecular flexibility index (Phi) is 3.58. The molecule has 1 unspecified atom stereocenters. The molecule has 2 aromatic carbocycles. The van der Waals surface area contributed by atoms with Crippen molar-refractivity contribution in [1.29, 1.82) is 0 Å². The van der Waals surface area contributed by atoms with Crippen molar-refractivity contribution in [3.8, 4) is 11.1 Å². The quantitative estimate of drug-likeness (QED) is 0.696. The van der Waals surface area contributed by atoms with Crippen LogP contribution in [0.2, 0.25) is 0 Å². The van der Waals surface area contributed by atoms with Crippen LogP contribution in [0.1, 0.15) is 28.8 Å². The maximum Gasteiger partial charge on any atom is 0.255 e. The monoisotopic (exact) mass is 378 g/mol. The fourth-order valence-corrected chi connectivity index (χ4v) is 3.98. The number of carbonyl (C=O) groups is 3. The third-order valence-electron chi connectivity index (χ3n) is 5.36. The summed E-state index contributed by atoms with van der Waals surface area (Å²) in [5, 5.41) is 2.93. The van der Waals surface area contributed by atoms with E-state index in [4.69, 9.17) is 4.42 Å². The first kappa shape index (κ1) is 16.7. The van der Waals surface area contributed by atoms with Crippen LogP contribution in [0, 0.1) is 5.82 Å². The molecule has 0 radical (unpaired) electrons. The number of imide groups is 1. The lowest BCUT2D eigenvalue weighted by atomic mass is 9.99. The average Bonchev–Trinajstić information content (AvgIpc) is 3.25. The number of hydrogen-bond donors (Lipinski definition) is 1. The molecule has 6 nitrogen and oxygen atoms in total. The van der Waals surface area contributed by atoms with Crippen molar-refractivity contribution >= 4 is 28.7 Å². The van der Waals surface area contributed by atoms with E-state index in [9.17, 15) is 18.8 Å². The zero-order valence-electron chi connectivity index (χ0n) is 14.7. The van der Waals surface area contributed by atoms with Crippen molar-refractivity contribution in [2.75, 3.05) is 0 Å². The Bertz CT molecular complexity index is 1170. The van der Waals surface area contributed by atoms with E-state index in [-0.39, 0.29) is 24.1 Å². The van der Waals surface area contributed by atoms with E-state index >= 15 is 0 Å². The number of rotatable bonds is 2. The van der Waals surface area contributed by atoms with Gasteiger partial charge in [0.05, 0.1) is 6.26 Å². The number of piperidine rings is 1. The van der Waals surface area contributed by atoms with Crippen LogP contribution in [-0.4, -0.2) is 28.7 Å². The molecule has 0 spiro atoms. The van der Waals surface area contributed by atoms with Crippen molar-refractivity contribution in [1.82, 2.24) is 10.2 Å². The molecule has 1 fully saturated rings. The number of nitrogens with one attached hydrogen (secondary N) is 1. The zero-order chi connectivity index (χ0) is 19.4. The Morgan fingerprint density at radius 1 is 1.07 bits per heavy atom. The van der Waals surface area contributed by atoms with Crippen LogP contribution in [0.25, 0.3) is 22.1 Å². The molecular weight excluding hydrogens is 363 g/mol. The van der Waals surface area contributed by atoms with E-state index in [0.717, 1.165) is 5.56 Å². The molecule has 1 saturated heterocycles. The van der Waals surface area contributed by atoms with Gasteiger partial charge in [-0.3, -0.25) is 19.7 Å². The minimum Gasteiger partial charge on any atom is -0.464 e. The van der Waals surface area contributed by atoms with Gasteiger partial charge in [0.15, 0.2) is 0 Å². The summed E-state index contributed by atoms with van der Waals surface area (Å²) in [6.07, 6.45) is 2.02. The third-order valence-corrected chi connectivity index (χ3v) is 5.36. The van der Waals surface area contributed by atoms with Crippen LogP contribution in [0.15, 0.2) is 47.1 Å². The highest BCUT2D eigenvalue weighted by atomic mass is 19.1. The molecule has 5 rings (SSSR count). The molecule has 1 aromatic heterocycles. The second-order valence-corrected chi connectivity index (χ2v) is 7.06. The fourth-order valence-electron chi connectivity index (χ4n) is 3.98. The van der Waals surface area contributed by atoms with E-state index in [0.29, 0.717) is 40.6 Å². The number of nitrogens with zero attached hydrogens (tertiary/aromatic N) is 1. The minimum atomic E-state index is -0.660. The lowest BCUT2D eigenvalue weighted by molar-refractivity contribution is -0.136. The number of hydrogen-bond acceptors (Lipinski definition) is 4. The normalized spacial score (nSPS) is 19.2.